The van der Waals surface area contributed by atoms with E-state index in [1.807, 2.05) is 20.8 Å². The molecule has 1 atom stereocenters. The molecule has 96 valence electrons. The Morgan fingerprint density at radius 1 is 1.44 bits per heavy atom. The van der Waals surface area contributed by atoms with E-state index in [9.17, 15) is 4.79 Å². The maximum Gasteiger partial charge on any atom is 0.410 e. The van der Waals surface area contributed by atoms with Crippen LogP contribution in [0.2, 0.25) is 0 Å². The number of carbonyl (C=O) groups excluding carboxylic acids is 1. The standard InChI is InChI=1S/C11H23NO4/c1-11(2,3)16-10(15)12(4)7-5-6-9(14)8-13/h9,13-14H,5-8H2,1-4H3/t9-/m1/s1. The Bertz CT molecular complexity index is 213. The Hall–Kier alpha value is -0.810. The van der Waals surface area contributed by atoms with Crippen LogP contribution in [0.5, 0.6) is 0 Å². The van der Waals surface area contributed by atoms with Crippen LogP contribution >= 0.6 is 0 Å². The Kier molecular flexibility index (Phi) is 6.36. The summed E-state index contributed by atoms with van der Waals surface area (Å²) in [6.45, 7) is 5.71. The van der Waals surface area contributed by atoms with Crippen LogP contribution in [0.3, 0.4) is 0 Å². The summed E-state index contributed by atoms with van der Waals surface area (Å²) in [5, 5.41) is 17.7. The second kappa shape index (κ2) is 6.70. The van der Waals surface area contributed by atoms with Crippen molar-refractivity contribution in [1.82, 2.24) is 4.90 Å². The first-order valence-electron chi connectivity index (χ1n) is 5.49. The van der Waals surface area contributed by atoms with Gasteiger partial charge in [0.25, 0.3) is 0 Å². The minimum atomic E-state index is -0.702. The van der Waals surface area contributed by atoms with E-state index in [0.29, 0.717) is 19.4 Å². The predicted octanol–water partition coefficient (Wildman–Crippen LogP) is 0.987. The van der Waals surface area contributed by atoms with E-state index in [1.165, 1.54) is 4.90 Å². The quantitative estimate of drug-likeness (QED) is 0.743. The molecule has 2 N–H and O–H groups in total. The second-order valence-electron chi connectivity index (χ2n) is 4.88. The van der Waals surface area contributed by atoms with Gasteiger partial charge in [0.05, 0.1) is 12.7 Å². The monoisotopic (exact) mass is 233 g/mol. The molecule has 0 aliphatic rings. The zero-order valence-electron chi connectivity index (χ0n) is 10.6. The molecule has 0 aliphatic carbocycles. The summed E-state index contributed by atoms with van der Waals surface area (Å²) in [5.74, 6) is 0. The first kappa shape index (κ1) is 15.2. The molecule has 0 aromatic rings. The fourth-order valence-electron chi connectivity index (χ4n) is 1.09. The first-order valence-corrected chi connectivity index (χ1v) is 5.49. The third kappa shape index (κ3) is 7.48. The highest BCUT2D eigenvalue weighted by atomic mass is 16.6. The van der Waals surface area contributed by atoms with E-state index in [-0.39, 0.29) is 12.7 Å². The van der Waals surface area contributed by atoms with E-state index >= 15 is 0 Å². The second-order valence-corrected chi connectivity index (χ2v) is 4.88. The van der Waals surface area contributed by atoms with Crippen LogP contribution in [0, 0.1) is 0 Å². The molecule has 0 saturated carbocycles. The maximum absolute atomic E-state index is 11.5. The molecule has 0 aromatic carbocycles. The molecule has 5 nitrogen and oxygen atoms in total. The summed E-state index contributed by atoms with van der Waals surface area (Å²) < 4.78 is 5.16. The van der Waals surface area contributed by atoms with Crippen molar-refractivity contribution in [1.29, 1.82) is 0 Å². The summed E-state index contributed by atoms with van der Waals surface area (Å²) in [6, 6.07) is 0. The van der Waals surface area contributed by atoms with Gasteiger partial charge in [0.1, 0.15) is 5.60 Å². The highest BCUT2D eigenvalue weighted by Crippen LogP contribution is 2.09. The van der Waals surface area contributed by atoms with Crippen molar-refractivity contribution in [3.8, 4) is 0 Å². The van der Waals surface area contributed by atoms with Crippen molar-refractivity contribution >= 4 is 6.09 Å². The van der Waals surface area contributed by atoms with Crippen molar-refractivity contribution < 1.29 is 19.7 Å². The van der Waals surface area contributed by atoms with Gasteiger partial charge in [0, 0.05) is 13.6 Å². The molecule has 0 radical (unpaired) electrons. The van der Waals surface area contributed by atoms with Gasteiger partial charge in [-0.2, -0.15) is 0 Å². The van der Waals surface area contributed by atoms with Crippen molar-refractivity contribution in [2.45, 2.75) is 45.3 Å². The Balaban J connectivity index is 3.80. The van der Waals surface area contributed by atoms with Gasteiger partial charge in [-0.25, -0.2) is 4.79 Å². The van der Waals surface area contributed by atoms with Crippen molar-refractivity contribution in [2.24, 2.45) is 0 Å². The molecule has 0 unspecified atom stereocenters. The van der Waals surface area contributed by atoms with Crippen LogP contribution in [-0.2, 0) is 4.74 Å². The molecular weight excluding hydrogens is 210 g/mol. The lowest BCUT2D eigenvalue weighted by molar-refractivity contribution is 0.0281. The summed E-state index contributed by atoms with van der Waals surface area (Å²) >= 11 is 0. The summed E-state index contributed by atoms with van der Waals surface area (Å²) in [7, 11) is 1.65. The number of hydrogen-bond donors (Lipinski definition) is 2. The van der Waals surface area contributed by atoms with Crippen LogP contribution in [0.15, 0.2) is 0 Å². The average molecular weight is 233 g/mol. The average Bonchev–Trinajstić information content (AvgIpc) is 2.14. The highest BCUT2D eigenvalue weighted by molar-refractivity contribution is 5.67. The molecule has 0 heterocycles. The number of hydrogen-bond acceptors (Lipinski definition) is 4. The van der Waals surface area contributed by atoms with Gasteiger partial charge in [-0.15, -0.1) is 0 Å². The van der Waals surface area contributed by atoms with Gasteiger partial charge in [0.2, 0.25) is 0 Å². The van der Waals surface area contributed by atoms with Crippen molar-refractivity contribution in [2.75, 3.05) is 20.2 Å². The molecule has 0 rings (SSSR count). The predicted molar refractivity (Wildman–Crippen MR) is 61.2 cm³/mol. The lowest BCUT2D eigenvalue weighted by Crippen LogP contribution is -2.35. The molecule has 0 bridgehead atoms. The Labute approximate surface area is 97.0 Å². The third-order valence-electron chi connectivity index (χ3n) is 1.95. The third-order valence-corrected chi connectivity index (χ3v) is 1.95. The summed E-state index contributed by atoms with van der Waals surface area (Å²) in [5.41, 5.74) is -0.490. The number of carbonyl (C=O) groups is 1. The van der Waals surface area contributed by atoms with Crippen LogP contribution in [0.4, 0.5) is 4.79 Å². The molecule has 1 amide bonds. The number of rotatable bonds is 5. The van der Waals surface area contributed by atoms with Gasteiger partial charge in [-0.05, 0) is 33.6 Å². The number of nitrogens with zero attached hydrogens (tertiary/aromatic N) is 1. The number of aliphatic hydroxyl groups is 2. The lowest BCUT2D eigenvalue weighted by atomic mass is 10.2. The van der Waals surface area contributed by atoms with Crippen LogP contribution in [-0.4, -0.2) is 53.1 Å². The molecular formula is C11H23NO4. The zero-order chi connectivity index (χ0) is 12.8. The molecule has 5 heteroatoms. The molecule has 0 aromatic heterocycles. The van der Waals surface area contributed by atoms with E-state index in [2.05, 4.69) is 0 Å². The van der Waals surface area contributed by atoms with Crippen LogP contribution < -0.4 is 0 Å². The van der Waals surface area contributed by atoms with E-state index in [4.69, 9.17) is 14.9 Å². The van der Waals surface area contributed by atoms with Gasteiger partial charge >= 0.3 is 6.09 Å². The van der Waals surface area contributed by atoms with E-state index in [0.717, 1.165) is 0 Å². The number of ether oxygens (including phenoxy) is 1. The van der Waals surface area contributed by atoms with Gasteiger partial charge in [0.15, 0.2) is 0 Å². The molecule has 0 spiro atoms. The minimum absolute atomic E-state index is 0.240. The van der Waals surface area contributed by atoms with Crippen LogP contribution in [0.25, 0.3) is 0 Å². The lowest BCUT2D eigenvalue weighted by Gasteiger charge is -2.24. The van der Waals surface area contributed by atoms with Gasteiger partial charge in [-0.1, -0.05) is 0 Å². The molecule has 16 heavy (non-hydrogen) atoms. The zero-order valence-corrected chi connectivity index (χ0v) is 10.6. The van der Waals surface area contributed by atoms with Crippen molar-refractivity contribution in [3.05, 3.63) is 0 Å². The van der Waals surface area contributed by atoms with Crippen LogP contribution in [0.1, 0.15) is 33.6 Å². The SMILES string of the molecule is CN(CCC[C@@H](O)CO)C(=O)OC(C)(C)C. The van der Waals surface area contributed by atoms with E-state index in [1.54, 1.807) is 7.05 Å². The number of aliphatic hydroxyl groups excluding tert-OH is 2. The molecule has 0 aliphatic heterocycles. The van der Waals surface area contributed by atoms with Gasteiger partial charge in [-0.3, -0.25) is 0 Å². The highest BCUT2D eigenvalue weighted by Gasteiger charge is 2.19. The fraction of sp³-hybridized carbons (Fsp3) is 0.909. The van der Waals surface area contributed by atoms with Crippen molar-refractivity contribution in [3.63, 3.8) is 0 Å². The first-order chi connectivity index (χ1) is 7.26. The normalized spacial score (nSPS) is 13.4. The maximum atomic E-state index is 11.5. The Morgan fingerprint density at radius 3 is 2.44 bits per heavy atom. The molecule has 0 fully saturated rings. The smallest absolute Gasteiger partial charge is 0.410 e. The van der Waals surface area contributed by atoms with Gasteiger partial charge < -0.3 is 19.8 Å². The summed E-state index contributed by atoms with van der Waals surface area (Å²) in [4.78, 5) is 13.0. The summed E-state index contributed by atoms with van der Waals surface area (Å²) in [6.07, 6.45) is 0.0409. The fourth-order valence-corrected chi connectivity index (χ4v) is 1.09. The largest absolute Gasteiger partial charge is 0.444 e. The minimum Gasteiger partial charge on any atom is -0.444 e. The number of amides is 1. The molecule has 0 saturated heterocycles. The van der Waals surface area contributed by atoms with E-state index < -0.39 is 11.7 Å². The Morgan fingerprint density at radius 2 is 2.00 bits per heavy atom. The topological polar surface area (TPSA) is 70.0 Å².